The molecule has 1 aromatic carbocycles. The van der Waals surface area contributed by atoms with E-state index in [9.17, 15) is 10.1 Å². The average Bonchev–Trinajstić information content (AvgIpc) is 2.01. The van der Waals surface area contributed by atoms with Crippen molar-refractivity contribution >= 4 is 19.0 Å². The molecule has 0 aliphatic carbocycles. The second-order valence-electron chi connectivity index (χ2n) is 4.32. The number of hydrogen-bond acceptors (Lipinski definition) is 2. The maximum Gasteiger partial charge on any atom is 0.269 e. The van der Waals surface area contributed by atoms with Crippen LogP contribution in [0.4, 0.5) is 5.69 Å². The quantitative estimate of drug-likeness (QED) is 0.383. The highest BCUT2D eigenvalue weighted by molar-refractivity contribution is 6.32. The van der Waals surface area contributed by atoms with Crippen molar-refractivity contribution in [2.75, 3.05) is 0 Å². The van der Waals surface area contributed by atoms with Gasteiger partial charge in [-0.15, -0.1) is 0 Å². The molecule has 0 aliphatic heterocycles. The van der Waals surface area contributed by atoms with Gasteiger partial charge in [0, 0.05) is 12.1 Å². The molecule has 14 heavy (non-hydrogen) atoms. The highest BCUT2D eigenvalue weighted by Crippen LogP contribution is 2.24. The van der Waals surface area contributed by atoms with Crippen LogP contribution in [0.25, 0.3) is 0 Å². The molecule has 72 valence electrons. The van der Waals surface area contributed by atoms with Crippen LogP contribution >= 0.6 is 0 Å². The fourth-order valence-corrected chi connectivity index (χ4v) is 1.17. The summed E-state index contributed by atoms with van der Waals surface area (Å²) in [6.45, 7) is 5.97. The molecule has 0 bridgehead atoms. The smallest absolute Gasteiger partial charge is 0.258 e. The van der Waals surface area contributed by atoms with Crippen LogP contribution in [-0.4, -0.2) is 12.8 Å². The van der Waals surface area contributed by atoms with E-state index in [-0.39, 0.29) is 11.1 Å². The Kier molecular flexibility index (Phi) is 2.65. The summed E-state index contributed by atoms with van der Waals surface area (Å²) in [6.07, 6.45) is 0. The number of benzene rings is 1. The van der Waals surface area contributed by atoms with Gasteiger partial charge in [0.05, 0.1) is 4.92 Å². The van der Waals surface area contributed by atoms with Crippen molar-refractivity contribution in [3.8, 4) is 0 Å². The summed E-state index contributed by atoms with van der Waals surface area (Å²) < 4.78 is 0. The summed E-state index contributed by atoms with van der Waals surface area (Å²) in [4.78, 5) is 10.2. The van der Waals surface area contributed by atoms with Crippen LogP contribution < -0.4 is 5.46 Å². The van der Waals surface area contributed by atoms with Crippen LogP contribution in [0.2, 0.25) is 0 Å². The molecule has 0 N–H and O–H groups in total. The lowest BCUT2D eigenvalue weighted by Gasteiger charge is -2.19. The number of non-ortho nitro benzene ring substituents is 1. The highest BCUT2D eigenvalue weighted by atomic mass is 16.6. The summed E-state index contributed by atoms with van der Waals surface area (Å²) >= 11 is 0. The molecule has 1 rings (SSSR count). The van der Waals surface area contributed by atoms with Gasteiger partial charge in [0.15, 0.2) is 0 Å². The minimum absolute atomic E-state index is 0.0509. The Labute approximate surface area is 84.7 Å². The first-order valence-corrected chi connectivity index (χ1v) is 4.36. The van der Waals surface area contributed by atoms with Crippen molar-refractivity contribution in [3.63, 3.8) is 0 Å². The molecule has 0 saturated heterocycles. The van der Waals surface area contributed by atoms with Gasteiger partial charge in [0.2, 0.25) is 0 Å². The standard InChI is InChI=1S/C10H12BNO2/c1-10(2,3)7-4-8(11)6-9(5-7)12(13)14/h4-6H,1-3H3. The van der Waals surface area contributed by atoms with Gasteiger partial charge in [-0.1, -0.05) is 32.3 Å². The second-order valence-corrected chi connectivity index (χ2v) is 4.32. The predicted molar refractivity (Wildman–Crippen MR) is 57.2 cm³/mol. The lowest BCUT2D eigenvalue weighted by Crippen LogP contribution is -2.16. The molecule has 2 radical (unpaired) electrons. The van der Waals surface area contributed by atoms with E-state index in [1.807, 2.05) is 20.8 Å². The molecular weight excluding hydrogens is 177 g/mol. The second kappa shape index (κ2) is 3.44. The van der Waals surface area contributed by atoms with E-state index < -0.39 is 4.92 Å². The van der Waals surface area contributed by atoms with Crippen molar-refractivity contribution in [1.82, 2.24) is 0 Å². The van der Waals surface area contributed by atoms with Gasteiger partial charge in [0.25, 0.3) is 5.69 Å². The molecule has 1 aromatic rings. The Morgan fingerprint density at radius 2 is 1.86 bits per heavy atom. The van der Waals surface area contributed by atoms with Gasteiger partial charge in [-0.05, 0) is 11.0 Å². The van der Waals surface area contributed by atoms with Crippen molar-refractivity contribution in [2.45, 2.75) is 26.2 Å². The van der Waals surface area contributed by atoms with Gasteiger partial charge in [-0.2, -0.15) is 0 Å². The molecule has 0 aromatic heterocycles. The van der Waals surface area contributed by atoms with E-state index in [0.29, 0.717) is 5.46 Å². The number of nitro groups is 1. The molecule has 0 atom stereocenters. The van der Waals surface area contributed by atoms with Crippen molar-refractivity contribution < 1.29 is 4.92 Å². The Hall–Kier alpha value is -1.32. The molecule has 0 unspecified atom stereocenters. The minimum atomic E-state index is -0.425. The molecule has 3 nitrogen and oxygen atoms in total. The van der Waals surface area contributed by atoms with E-state index >= 15 is 0 Å². The topological polar surface area (TPSA) is 43.1 Å². The van der Waals surface area contributed by atoms with Crippen LogP contribution in [-0.2, 0) is 5.41 Å². The van der Waals surface area contributed by atoms with Crippen molar-refractivity contribution in [3.05, 3.63) is 33.9 Å². The summed E-state index contributed by atoms with van der Waals surface area (Å²) in [6, 6.07) is 4.71. The molecule has 4 heteroatoms. The van der Waals surface area contributed by atoms with Gasteiger partial charge >= 0.3 is 0 Å². The third-order valence-electron chi connectivity index (χ3n) is 2.02. The molecule has 0 spiro atoms. The maximum atomic E-state index is 10.6. The SMILES string of the molecule is [B]c1cc([N+](=O)[O-])cc(C(C)(C)C)c1. The molecule has 0 amide bonds. The average molecular weight is 189 g/mol. The lowest BCUT2D eigenvalue weighted by molar-refractivity contribution is -0.384. The lowest BCUT2D eigenvalue weighted by atomic mass is 9.82. The first-order chi connectivity index (χ1) is 6.30. The van der Waals surface area contributed by atoms with Gasteiger partial charge in [-0.3, -0.25) is 10.1 Å². The van der Waals surface area contributed by atoms with Crippen LogP contribution in [0.1, 0.15) is 26.3 Å². The third kappa shape index (κ3) is 2.34. The first-order valence-electron chi connectivity index (χ1n) is 4.36. The summed E-state index contributed by atoms with van der Waals surface area (Å²) in [5.74, 6) is 0. The summed E-state index contributed by atoms with van der Waals surface area (Å²) in [5.41, 5.74) is 1.24. The Morgan fingerprint density at radius 1 is 1.29 bits per heavy atom. The number of rotatable bonds is 1. The third-order valence-corrected chi connectivity index (χ3v) is 2.02. The first kappa shape index (κ1) is 10.8. The minimum Gasteiger partial charge on any atom is -0.258 e. The Balaban J connectivity index is 3.28. The molecule has 0 aliphatic rings. The zero-order chi connectivity index (χ0) is 10.9. The zero-order valence-corrected chi connectivity index (χ0v) is 8.57. The Morgan fingerprint density at radius 3 is 2.29 bits per heavy atom. The summed E-state index contributed by atoms with van der Waals surface area (Å²) in [5, 5.41) is 10.6. The largest absolute Gasteiger partial charge is 0.269 e. The predicted octanol–water partition coefficient (Wildman–Crippen LogP) is 1.69. The number of nitro benzene ring substituents is 1. The fraction of sp³-hybridized carbons (Fsp3) is 0.400. The summed E-state index contributed by atoms with van der Waals surface area (Å²) in [7, 11) is 5.59. The van der Waals surface area contributed by atoms with Crippen LogP contribution in [0.5, 0.6) is 0 Å². The van der Waals surface area contributed by atoms with Gasteiger partial charge < -0.3 is 0 Å². The van der Waals surface area contributed by atoms with Crippen molar-refractivity contribution in [1.29, 1.82) is 0 Å². The Bertz CT molecular complexity index is 369. The molecule has 0 heterocycles. The normalized spacial score (nSPS) is 11.4. The van der Waals surface area contributed by atoms with Gasteiger partial charge in [-0.25, -0.2) is 0 Å². The number of hydrogen-bond donors (Lipinski definition) is 0. The molecule has 0 fully saturated rings. The van der Waals surface area contributed by atoms with E-state index in [1.165, 1.54) is 6.07 Å². The molecular formula is C10H12BNO2. The monoisotopic (exact) mass is 189 g/mol. The van der Waals surface area contributed by atoms with E-state index in [2.05, 4.69) is 0 Å². The van der Waals surface area contributed by atoms with Gasteiger partial charge in [0.1, 0.15) is 7.85 Å². The van der Waals surface area contributed by atoms with E-state index in [4.69, 9.17) is 7.85 Å². The van der Waals surface area contributed by atoms with Crippen LogP contribution in [0.3, 0.4) is 0 Å². The van der Waals surface area contributed by atoms with Crippen molar-refractivity contribution in [2.24, 2.45) is 0 Å². The highest BCUT2D eigenvalue weighted by Gasteiger charge is 2.17. The van der Waals surface area contributed by atoms with E-state index in [0.717, 1.165) is 5.56 Å². The van der Waals surface area contributed by atoms with E-state index in [1.54, 1.807) is 12.1 Å². The fourth-order valence-electron chi connectivity index (χ4n) is 1.17. The van der Waals surface area contributed by atoms with Crippen LogP contribution in [0.15, 0.2) is 18.2 Å². The molecule has 0 saturated carbocycles. The maximum absolute atomic E-state index is 10.6. The number of nitrogens with zero attached hydrogens (tertiary/aromatic N) is 1. The van der Waals surface area contributed by atoms with Crippen LogP contribution in [0, 0.1) is 10.1 Å². The zero-order valence-electron chi connectivity index (χ0n) is 8.57.